The van der Waals surface area contributed by atoms with Crippen molar-refractivity contribution in [2.24, 2.45) is 13.8 Å². The molecule has 0 unspecified atom stereocenters. The van der Waals surface area contributed by atoms with Gasteiger partial charge in [0.2, 0.25) is 0 Å². The Hall–Kier alpha value is -0.163. The van der Waals surface area contributed by atoms with Crippen LogP contribution in [0.25, 0.3) is 9.72 Å². The molecule has 0 saturated heterocycles. The topological polar surface area (TPSA) is 65.3 Å². The van der Waals surface area contributed by atoms with Crippen LogP contribution in [0.1, 0.15) is 0 Å². The second-order valence-electron chi connectivity index (χ2n) is 6.75. The number of halogens is 14. The van der Waals surface area contributed by atoms with Gasteiger partial charge < -0.3 is 0 Å². The van der Waals surface area contributed by atoms with Gasteiger partial charge in [0.1, 0.15) is 0 Å². The quantitative estimate of drug-likeness (QED) is 0.116. The van der Waals surface area contributed by atoms with E-state index in [4.69, 9.17) is 0 Å². The molecular weight excluding hydrogens is 584 g/mol. The van der Waals surface area contributed by atoms with Crippen LogP contribution in [0.3, 0.4) is 0 Å². The Morgan fingerprint density at radius 3 is 1.38 bits per heavy atom. The molecule has 1 aliphatic heterocycles. The molecule has 24 heteroatoms. The molecule has 0 aromatic rings. The molecule has 0 N–H and O–H groups in total. The first-order chi connectivity index (χ1) is 13.6. The van der Waals surface area contributed by atoms with Crippen molar-refractivity contribution in [3.63, 3.8) is 0 Å². The molecule has 0 aliphatic carbocycles. The van der Waals surface area contributed by atoms with Crippen LogP contribution in [0.2, 0.25) is 19.6 Å². The fraction of sp³-hybridized carbons (Fsp3) is 0.750. The molecule has 0 amide bonds. The van der Waals surface area contributed by atoms with E-state index >= 15 is 0 Å². The monoisotopic (exact) mass is 593 g/mol. The molecule has 0 saturated carbocycles. The van der Waals surface area contributed by atoms with Gasteiger partial charge in [-0.05, 0) is 0 Å². The van der Waals surface area contributed by atoms with Crippen LogP contribution in [0.4, 0.5) is 60.5 Å². The molecule has 190 valence electrons. The van der Waals surface area contributed by atoms with Crippen LogP contribution >= 0.6 is 30.2 Å². The number of hydrogen-bond acceptors (Lipinski definition) is 1. The predicted molar refractivity (Wildman–Crippen MR) is 96.5 cm³/mol. The molecule has 0 bridgehead atoms. The minimum atomic E-state index is -10.4. The van der Waals surface area contributed by atoms with Crippen molar-refractivity contribution in [2.75, 3.05) is 0 Å². The van der Waals surface area contributed by atoms with E-state index in [2.05, 4.69) is 4.74 Å². The first-order valence-electron chi connectivity index (χ1n) is 7.24. The summed E-state index contributed by atoms with van der Waals surface area (Å²) in [5, 5.41) is 0. The maximum atomic E-state index is 14.6. The predicted octanol–water partition coefficient (Wildman–Crippen LogP) is 11.2. The average molecular weight is 593 g/mol. The fourth-order valence-corrected chi connectivity index (χ4v) is 12.8. The minimum absolute atomic E-state index is 0.610. The number of hydrogen-bond donors (Lipinski definition) is 0. The third kappa shape index (κ3) is 5.55. The second-order valence-corrected chi connectivity index (χ2v) is 20.9. The first kappa shape index (κ1) is 29.9. The summed E-state index contributed by atoms with van der Waals surface area (Å²) in [6.45, 7) is 4.11. The zero-order valence-electron chi connectivity index (χ0n) is 15.3. The molecule has 1 heterocycles. The third-order valence-electron chi connectivity index (χ3n) is 2.87. The molecular formula is C8H9F14N5P4Si-2. The van der Waals surface area contributed by atoms with Crippen LogP contribution in [0.5, 0.6) is 0 Å². The normalized spacial score (nSPS) is 28.8. The Labute approximate surface area is 172 Å². The summed E-state index contributed by atoms with van der Waals surface area (Å²) in [5.74, 6) is -21.6. The Balaban J connectivity index is 4.27. The molecule has 1 aliphatic rings. The molecule has 5 nitrogen and oxygen atoms in total. The summed E-state index contributed by atoms with van der Waals surface area (Å²) in [6, 6.07) is 1.29. The van der Waals surface area contributed by atoms with Crippen molar-refractivity contribution in [1.82, 2.24) is 0 Å². The van der Waals surface area contributed by atoms with Gasteiger partial charge in [-0.25, -0.2) is 0 Å². The molecule has 0 radical (unpaired) electrons. The number of rotatable bonds is 0. The van der Waals surface area contributed by atoms with E-state index in [1.165, 1.54) is 34.7 Å². The summed E-state index contributed by atoms with van der Waals surface area (Å²) in [4.78, 5) is 1.22. The SMILES string of the molecule is C[Si](C)(C)C#CN=P1(C(F)(F)F)N=P(F)(F)[N-]P(F)(C(F)(F)F)(C(F)(F)F)[N-]P(F)(F)=N1. The van der Waals surface area contributed by atoms with Crippen molar-refractivity contribution in [3.8, 4) is 11.6 Å². The zero-order chi connectivity index (χ0) is 25.9. The Morgan fingerprint density at radius 1 is 0.781 bits per heavy atom. The van der Waals surface area contributed by atoms with Gasteiger partial charge in [-0.1, -0.05) is 0 Å². The molecule has 0 fully saturated rings. The van der Waals surface area contributed by atoms with Crippen LogP contribution in [0.15, 0.2) is 13.8 Å². The van der Waals surface area contributed by atoms with Gasteiger partial charge in [-0.2, -0.15) is 0 Å². The van der Waals surface area contributed by atoms with E-state index in [9.17, 15) is 60.5 Å². The summed E-state index contributed by atoms with van der Waals surface area (Å²) >= 11 is 0. The summed E-state index contributed by atoms with van der Waals surface area (Å²) in [5.41, 5.74) is 2.01. The van der Waals surface area contributed by atoms with Gasteiger partial charge in [0.25, 0.3) is 0 Å². The molecule has 32 heavy (non-hydrogen) atoms. The Bertz CT molecular complexity index is 946. The molecule has 0 aromatic carbocycles. The second kappa shape index (κ2) is 7.93. The van der Waals surface area contributed by atoms with Crippen LogP contribution in [-0.4, -0.2) is 25.8 Å². The van der Waals surface area contributed by atoms with Crippen molar-refractivity contribution in [2.45, 2.75) is 37.4 Å². The molecule has 0 aromatic heterocycles. The maximum absolute atomic E-state index is 14.6. The summed E-state index contributed by atoms with van der Waals surface area (Å²) in [6.07, 6.45) is 0. The van der Waals surface area contributed by atoms with Crippen LogP contribution in [0, 0.1) is 11.6 Å². The average Bonchev–Trinajstić information content (AvgIpc) is 2.37. The van der Waals surface area contributed by atoms with Gasteiger partial charge in [-0.3, -0.25) is 0 Å². The van der Waals surface area contributed by atoms with Gasteiger partial charge in [0.15, 0.2) is 0 Å². The Morgan fingerprint density at radius 2 is 1.12 bits per heavy atom. The van der Waals surface area contributed by atoms with Crippen molar-refractivity contribution in [3.05, 3.63) is 9.72 Å². The molecule has 0 spiro atoms. The van der Waals surface area contributed by atoms with Gasteiger partial charge in [0, 0.05) is 0 Å². The first-order valence-corrected chi connectivity index (χ1v) is 17.4. The number of nitrogens with zero attached hydrogens (tertiary/aromatic N) is 5. The third-order valence-corrected chi connectivity index (χ3v) is 14.6. The van der Waals surface area contributed by atoms with Crippen molar-refractivity contribution in [1.29, 1.82) is 0 Å². The zero-order valence-corrected chi connectivity index (χ0v) is 19.9. The molecule has 1 rings (SSSR count). The summed E-state index contributed by atoms with van der Waals surface area (Å²) < 4.78 is 194. The fourth-order valence-electron chi connectivity index (χ4n) is 1.57. The number of alkyl halides is 9. The van der Waals surface area contributed by atoms with Crippen LogP contribution < -0.4 is 0 Å². The van der Waals surface area contributed by atoms with E-state index in [0.29, 0.717) is 9.72 Å². The standard InChI is InChI=1S/C8H9F14N5P4Si/c1-32(2,3)5-4-23-28(6(9,10)11)24-29(18,19)26-31(22,7(12,13)14,8(15,16)17)27-30(20,21)25-28/h1-3H3/q-2. The van der Waals surface area contributed by atoms with Gasteiger partial charge in [0.05, 0.1) is 0 Å². The van der Waals surface area contributed by atoms with Crippen LogP contribution in [-0.2, 0) is 0 Å². The Kier molecular flexibility index (Phi) is 7.40. The van der Waals surface area contributed by atoms with Crippen molar-refractivity contribution < 1.29 is 60.5 Å². The van der Waals surface area contributed by atoms with E-state index in [1.807, 2.05) is 5.54 Å². The summed E-state index contributed by atoms with van der Waals surface area (Å²) in [7, 11) is -35.9. The van der Waals surface area contributed by atoms with Crippen molar-refractivity contribution >= 4 is 38.3 Å². The van der Waals surface area contributed by atoms with Gasteiger partial charge in [-0.15, -0.1) is 0 Å². The van der Waals surface area contributed by atoms with E-state index in [0.717, 1.165) is 0 Å². The van der Waals surface area contributed by atoms with E-state index in [-0.39, 0.29) is 0 Å². The van der Waals surface area contributed by atoms with E-state index in [1.54, 1.807) is 0 Å². The molecule has 0 atom stereocenters. The van der Waals surface area contributed by atoms with E-state index < -0.39 is 56.1 Å². The van der Waals surface area contributed by atoms with Gasteiger partial charge >= 0.3 is 171 Å².